The molecule has 1 heterocycles. The maximum Gasteiger partial charge on any atom is 0.331 e. The molecule has 0 unspecified atom stereocenters. The maximum absolute atomic E-state index is 11.9. The number of amides is 1. The van der Waals surface area contributed by atoms with Crippen LogP contribution in [0.5, 0.6) is 0 Å². The molecule has 0 radical (unpaired) electrons. The highest BCUT2D eigenvalue weighted by molar-refractivity contribution is 5.97. The lowest BCUT2D eigenvalue weighted by molar-refractivity contribution is -0.149. The van der Waals surface area contributed by atoms with Gasteiger partial charge in [0.05, 0.1) is 18.7 Å². The molecule has 0 atom stereocenters. The number of furan rings is 1. The predicted octanol–water partition coefficient (Wildman–Crippen LogP) is 0.810. The number of hydrogen-bond donors (Lipinski definition) is 2. The van der Waals surface area contributed by atoms with Crippen LogP contribution in [0, 0.1) is 0 Å². The van der Waals surface area contributed by atoms with Crippen LogP contribution < -0.4 is 11.1 Å². The van der Waals surface area contributed by atoms with Gasteiger partial charge in [-0.15, -0.1) is 0 Å². The SMILES string of the molecule is CCOC(=O)C(C)(C)NC(=O)c1coc(CN)c1. The van der Waals surface area contributed by atoms with Gasteiger partial charge in [0.2, 0.25) is 0 Å². The van der Waals surface area contributed by atoms with Gasteiger partial charge in [0, 0.05) is 0 Å². The lowest BCUT2D eigenvalue weighted by Crippen LogP contribution is -2.50. The summed E-state index contributed by atoms with van der Waals surface area (Å²) in [4.78, 5) is 23.5. The fraction of sp³-hybridized carbons (Fsp3) is 0.500. The average Bonchev–Trinajstić information content (AvgIpc) is 2.77. The van der Waals surface area contributed by atoms with Gasteiger partial charge in [-0.1, -0.05) is 0 Å². The monoisotopic (exact) mass is 254 g/mol. The van der Waals surface area contributed by atoms with Gasteiger partial charge < -0.3 is 20.2 Å². The molecule has 18 heavy (non-hydrogen) atoms. The Bertz CT molecular complexity index is 437. The van der Waals surface area contributed by atoms with Crippen molar-refractivity contribution in [3.8, 4) is 0 Å². The van der Waals surface area contributed by atoms with Crippen LogP contribution in [0.2, 0.25) is 0 Å². The summed E-state index contributed by atoms with van der Waals surface area (Å²) < 4.78 is 9.93. The van der Waals surface area contributed by atoms with E-state index in [0.717, 1.165) is 0 Å². The average molecular weight is 254 g/mol. The highest BCUT2D eigenvalue weighted by Gasteiger charge is 2.31. The smallest absolute Gasteiger partial charge is 0.331 e. The first-order valence-corrected chi connectivity index (χ1v) is 5.68. The summed E-state index contributed by atoms with van der Waals surface area (Å²) in [6.07, 6.45) is 1.30. The highest BCUT2D eigenvalue weighted by atomic mass is 16.5. The van der Waals surface area contributed by atoms with Crippen molar-refractivity contribution in [3.05, 3.63) is 23.7 Å². The molecule has 100 valence electrons. The van der Waals surface area contributed by atoms with Crippen LogP contribution in [0.1, 0.15) is 36.9 Å². The quantitative estimate of drug-likeness (QED) is 0.758. The van der Waals surface area contributed by atoms with E-state index in [1.54, 1.807) is 20.8 Å². The largest absolute Gasteiger partial charge is 0.467 e. The van der Waals surface area contributed by atoms with Gasteiger partial charge in [0.15, 0.2) is 0 Å². The second kappa shape index (κ2) is 5.68. The molecule has 0 aliphatic heterocycles. The Hall–Kier alpha value is -1.82. The predicted molar refractivity (Wildman–Crippen MR) is 64.8 cm³/mol. The number of carbonyl (C=O) groups excluding carboxylic acids is 2. The topological polar surface area (TPSA) is 94.6 Å². The van der Waals surface area contributed by atoms with Crippen molar-refractivity contribution in [2.75, 3.05) is 6.61 Å². The summed E-state index contributed by atoms with van der Waals surface area (Å²) in [5.74, 6) is -0.383. The fourth-order valence-corrected chi connectivity index (χ4v) is 1.33. The normalized spacial score (nSPS) is 11.1. The molecule has 1 rings (SSSR count). The highest BCUT2D eigenvalue weighted by Crippen LogP contribution is 2.11. The number of rotatable bonds is 5. The summed E-state index contributed by atoms with van der Waals surface area (Å²) in [6, 6.07) is 1.54. The van der Waals surface area contributed by atoms with E-state index in [0.29, 0.717) is 11.3 Å². The number of nitrogens with one attached hydrogen (secondary N) is 1. The van der Waals surface area contributed by atoms with Gasteiger partial charge in [-0.3, -0.25) is 4.79 Å². The minimum Gasteiger partial charge on any atom is -0.467 e. The molecule has 1 aromatic rings. The van der Waals surface area contributed by atoms with Crippen LogP contribution in [0.25, 0.3) is 0 Å². The molecule has 0 aliphatic carbocycles. The third-order valence-corrected chi connectivity index (χ3v) is 2.33. The van der Waals surface area contributed by atoms with Crippen LogP contribution in [0.4, 0.5) is 0 Å². The first-order chi connectivity index (χ1) is 8.40. The third-order valence-electron chi connectivity index (χ3n) is 2.33. The van der Waals surface area contributed by atoms with E-state index < -0.39 is 17.4 Å². The summed E-state index contributed by atoms with van der Waals surface area (Å²) >= 11 is 0. The van der Waals surface area contributed by atoms with E-state index in [4.69, 9.17) is 14.9 Å². The molecule has 0 aliphatic rings. The van der Waals surface area contributed by atoms with Crippen molar-refractivity contribution in [1.82, 2.24) is 5.32 Å². The molecule has 1 aromatic heterocycles. The molecule has 0 bridgehead atoms. The Morgan fingerprint density at radius 2 is 2.17 bits per heavy atom. The van der Waals surface area contributed by atoms with E-state index in [1.807, 2.05) is 0 Å². The minimum absolute atomic E-state index is 0.217. The Morgan fingerprint density at radius 3 is 2.67 bits per heavy atom. The first kappa shape index (κ1) is 14.2. The standard InChI is InChI=1S/C12H18N2O4/c1-4-17-11(16)12(2,3)14-10(15)8-5-9(6-13)18-7-8/h5,7H,4,6,13H2,1-3H3,(H,14,15). The summed E-state index contributed by atoms with van der Waals surface area (Å²) in [6.45, 7) is 5.34. The van der Waals surface area contributed by atoms with Crippen molar-refractivity contribution < 1.29 is 18.7 Å². The molecule has 6 nitrogen and oxygen atoms in total. The zero-order valence-electron chi connectivity index (χ0n) is 10.8. The van der Waals surface area contributed by atoms with Gasteiger partial charge in [-0.05, 0) is 26.8 Å². The zero-order valence-corrected chi connectivity index (χ0v) is 10.8. The molecule has 0 saturated carbocycles. The zero-order chi connectivity index (χ0) is 13.8. The van der Waals surface area contributed by atoms with Gasteiger partial charge in [0.25, 0.3) is 5.91 Å². The third kappa shape index (κ3) is 3.33. The van der Waals surface area contributed by atoms with E-state index in [2.05, 4.69) is 5.32 Å². The molecule has 0 aromatic carbocycles. The summed E-state index contributed by atoms with van der Waals surface area (Å²) in [5, 5.41) is 2.58. The lowest BCUT2D eigenvalue weighted by atomic mass is 10.1. The number of esters is 1. The van der Waals surface area contributed by atoms with Crippen LogP contribution >= 0.6 is 0 Å². The van der Waals surface area contributed by atoms with Crippen molar-refractivity contribution in [1.29, 1.82) is 0 Å². The van der Waals surface area contributed by atoms with Crippen molar-refractivity contribution in [3.63, 3.8) is 0 Å². The Labute approximate surface area is 105 Å². The summed E-state index contributed by atoms with van der Waals surface area (Å²) in [7, 11) is 0. The summed E-state index contributed by atoms with van der Waals surface area (Å²) in [5.41, 5.74) is 4.62. The van der Waals surface area contributed by atoms with Crippen molar-refractivity contribution >= 4 is 11.9 Å². The first-order valence-electron chi connectivity index (χ1n) is 5.68. The Kier molecular flexibility index (Phi) is 4.49. The Balaban J connectivity index is 2.71. The number of nitrogens with two attached hydrogens (primary N) is 1. The van der Waals surface area contributed by atoms with E-state index in [-0.39, 0.29) is 13.2 Å². The molecule has 1 amide bonds. The van der Waals surface area contributed by atoms with E-state index in [9.17, 15) is 9.59 Å². The second-order valence-corrected chi connectivity index (χ2v) is 4.31. The number of ether oxygens (including phenoxy) is 1. The molecule has 3 N–H and O–H groups in total. The maximum atomic E-state index is 11.9. The van der Waals surface area contributed by atoms with Crippen molar-refractivity contribution in [2.24, 2.45) is 5.73 Å². The van der Waals surface area contributed by atoms with Gasteiger partial charge in [0.1, 0.15) is 17.6 Å². The van der Waals surface area contributed by atoms with E-state index >= 15 is 0 Å². The number of hydrogen-bond acceptors (Lipinski definition) is 5. The molecular formula is C12H18N2O4. The second-order valence-electron chi connectivity index (χ2n) is 4.31. The molecule has 0 spiro atoms. The fourth-order valence-electron chi connectivity index (χ4n) is 1.33. The van der Waals surface area contributed by atoms with Crippen molar-refractivity contribution in [2.45, 2.75) is 32.9 Å². The molecule has 6 heteroatoms. The molecular weight excluding hydrogens is 236 g/mol. The Morgan fingerprint density at radius 1 is 1.50 bits per heavy atom. The molecule has 0 fully saturated rings. The van der Waals surface area contributed by atoms with Gasteiger partial charge in [-0.2, -0.15) is 0 Å². The van der Waals surface area contributed by atoms with Crippen LogP contribution in [-0.2, 0) is 16.1 Å². The minimum atomic E-state index is -1.09. The van der Waals surface area contributed by atoms with Gasteiger partial charge in [-0.25, -0.2) is 4.79 Å². The lowest BCUT2D eigenvalue weighted by Gasteiger charge is -2.23. The van der Waals surface area contributed by atoms with Crippen LogP contribution in [-0.4, -0.2) is 24.0 Å². The number of carbonyl (C=O) groups is 2. The van der Waals surface area contributed by atoms with Crippen LogP contribution in [0.3, 0.4) is 0 Å². The van der Waals surface area contributed by atoms with E-state index in [1.165, 1.54) is 12.3 Å². The van der Waals surface area contributed by atoms with Gasteiger partial charge >= 0.3 is 5.97 Å². The van der Waals surface area contributed by atoms with Crippen LogP contribution in [0.15, 0.2) is 16.7 Å². The molecule has 0 saturated heterocycles.